The maximum Gasteiger partial charge on any atom is 0.309 e. The molecule has 0 amide bonds. The lowest BCUT2D eigenvalue weighted by Gasteiger charge is -2.25. The third kappa shape index (κ3) is 2.04. The standard InChI is InChI=1S/C11H20O2/c1-4-5-10(2)6-7-11(3,8-10)9(12)13/h4-8H2,1-3H3,(H,12,13). The molecule has 0 aromatic carbocycles. The van der Waals surface area contributed by atoms with Gasteiger partial charge in [0.1, 0.15) is 0 Å². The third-order valence-corrected chi connectivity index (χ3v) is 3.47. The maximum absolute atomic E-state index is 11.0. The molecule has 0 aromatic rings. The summed E-state index contributed by atoms with van der Waals surface area (Å²) in [7, 11) is 0. The Bertz CT molecular complexity index is 212. The van der Waals surface area contributed by atoms with Crippen LogP contribution in [0.2, 0.25) is 0 Å². The molecule has 0 aliphatic heterocycles. The van der Waals surface area contributed by atoms with E-state index in [-0.39, 0.29) is 5.41 Å². The Morgan fingerprint density at radius 1 is 1.38 bits per heavy atom. The van der Waals surface area contributed by atoms with Gasteiger partial charge in [-0.25, -0.2) is 0 Å². The summed E-state index contributed by atoms with van der Waals surface area (Å²) in [4.78, 5) is 11.0. The highest BCUT2D eigenvalue weighted by atomic mass is 16.4. The number of carbonyl (C=O) groups is 1. The number of hydrogen-bond donors (Lipinski definition) is 1. The van der Waals surface area contributed by atoms with Crippen molar-refractivity contribution in [1.29, 1.82) is 0 Å². The fraction of sp³-hybridized carbons (Fsp3) is 0.909. The average molecular weight is 184 g/mol. The second-order valence-electron chi connectivity index (χ2n) is 5.10. The molecule has 76 valence electrons. The van der Waals surface area contributed by atoms with Gasteiger partial charge in [-0.1, -0.05) is 20.3 Å². The van der Waals surface area contributed by atoms with Crippen molar-refractivity contribution in [3.63, 3.8) is 0 Å². The van der Waals surface area contributed by atoms with Gasteiger partial charge < -0.3 is 5.11 Å². The second kappa shape index (κ2) is 3.32. The molecule has 2 unspecified atom stereocenters. The summed E-state index contributed by atoms with van der Waals surface area (Å²) in [5.74, 6) is -0.618. The molecule has 0 spiro atoms. The van der Waals surface area contributed by atoms with Gasteiger partial charge in [0.25, 0.3) is 0 Å². The number of aliphatic carboxylic acids is 1. The van der Waals surface area contributed by atoms with Crippen molar-refractivity contribution in [3.05, 3.63) is 0 Å². The third-order valence-electron chi connectivity index (χ3n) is 3.47. The van der Waals surface area contributed by atoms with Crippen LogP contribution in [0.3, 0.4) is 0 Å². The Kier molecular flexibility index (Phi) is 2.69. The van der Waals surface area contributed by atoms with Crippen LogP contribution >= 0.6 is 0 Å². The molecular weight excluding hydrogens is 164 g/mol. The molecule has 0 bridgehead atoms. The van der Waals surface area contributed by atoms with Gasteiger partial charge in [0.15, 0.2) is 0 Å². The Labute approximate surface area is 80.3 Å². The number of rotatable bonds is 3. The van der Waals surface area contributed by atoms with Gasteiger partial charge in [-0.15, -0.1) is 0 Å². The summed E-state index contributed by atoms with van der Waals surface area (Å²) in [6.07, 6.45) is 5.09. The summed E-state index contributed by atoms with van der Waals surface area (Å²) in [6.45, 7) is 6.28. The molecule has 13 heavy (non-hydrogen) atoms. The van der Waals surface area contributed by atoms with E-state index in [1.54, 1.807) is 0 Å². The highest BCUT2D eigenvalue weighted by molar-refractivity contribution is 5.74. The Hall–Kier alpha value is -0.530. The molecule has 0 saturated heterocycles. The van der Waals surface area contributed by atoms with Gasteiger partial charge in [-0.2, -0.15) is 0 Å². The average Bonchev–Trinajstić information content (AvgIpc) is 2.30. The summed E-state index contributed by atoms with van der Waals surface area (Å²) in [5.41, 5.74) is -0.175. The van der Waals surface area contributed by atoms with Crippen molar-refractivity contribution < 1.29 is 9.90 Å². The lowest BCUT2D eigenvalue weighted by molar-refractivity contribution is -0.148. The zero-order valence-electron chi connectivity index (χ0n) is 8.89. The molecule has 2 heteroatoms. The first-order valence-corrected chi connectivity index (χ1v) is 5.15. The fourth-order valence-corrected chi connectivity index (χ4v) is 2.70. The van der Waals surface area contributed by atoms with E-state index >= 15 is 0 Å². The predicted molar refractivity (Wildman–Crippen MR) is 52.6 cm³/mol. The number of carboxylic acid groups (broad SMARTS) is 1. The summed E-state index contributed by atoms with van der Waals surface area (Å²) in [6, 6.07) is 0. The van der Waals surface area contributed by atoms with Gasteiger partial charge in [0.05, 0.1) is 5.41 Å². The van der Waals surface area contributed by atoms with Gasteiger partial charge in [0, 0.05) is 0 Å². The molecule has 1 aliphatic rings. The van der Waals surface area contributed by atoms with Crippen molar-refractivity contribution in [2.45, 2.75) is 52.9 Å². The first-order valence-electron chi connectivity index (χ1n) is 5.15. The van der Waals surface area contributed by atoms with E-state index in [4.69, 9.17) is 5.11 Å². The minimum Gasteiger partial charge on any atom is -0.481 e. The van der Waals surface area contributed by atoms with E-state index in [1.807, 2.05) is 6.92 Å². The van der Waals surface area contributed by atoms with Crippen LogP contribution in [0.1, 0.15) is 52.9 Å². The molecule has 0 heterocycles. The zero-order chi connectivity index (χ0) is 10.1. The summed E-state index contributed by atoms with van der Waals surface area (Å²) >= 11 is 0. The van der Waals surface area contributed by atoms with Gasteiger partial charge in [-0.05, 0) is 38.0 Å². The Morgan fingerprint density at radius 3 is 2.38 bits per heavy atom. The van der Waals surface area contributed by atoms with Crippen LogP contribution in [-0.4, -0.2) is 11.1 Å². The Morgan fingerprint density at radius 2 is 2.00 bits per heavy atom. The van der Waals surface area contributed by atoms with Crippen LogP contribution in [0.5, 0.6) is 0 Å². The minimum absolute atomic E-state index is 0.280. The molecule has 1 aliphatic carbocycles. The van der Waals surface area contributed by atoms with Crippen LogP contribution in [0.15, 0.2) is 0 Å². The smallest absolute Gasteiger partial charge is 0.309 e. The number of carboxylic acids is 1. The topological polar surface area (TPSA) is 37.3 Å². The lowest BCUT2D eigenvalue weighted by atomic mass is 9.79. The van der Waals surface area contributed by atoms with Gasteiger partial charge >= 0.3 is 5.97 Å². The Balaban J connectivity index is 2.67. The highest BCUT2D eigenvalue weighted by Gasteiger charge is 2.46. The fourth-order valence-electron chi connectivity index (χ4n) is 2.70. The first-order chi connectivity index (χ1) is 5.92. The molecule has 1 N–H and O–H groups in total. The van der Waals surface area contributed by atoms with E-state index in [0.717, 1.165) is 32.1 Å². The van der Waals surface area contributed by atoms with E-state index in [2.05, 4.69) is 13.8 Å². The molecule has 1 saturated carbocycles. The summed E-state index contributed by atoms with van der Waals surface area (Å²) < 4.78 is 0. The van der Waals surface area contributed by atoms with Crippen molar-refractivity contribution in [1.82, 2.24) is 0 Å². The van der Waals surface area contributed by atoms with Crippen LogP contribution in [0.25, 0.3) is 0 Å². The van der Waals surface area contributed by atoms with Crippen LogP contribution in [-0.2, 0) is 4.79 Å². The second-order valence-corrected chi connectivity index (χ2v) is 5.10. The molecule has 0 radical (unpaired) electrons. The van der Waals surface area contributed by atoms with Crippen molar-refractivity contribution in [3.8, 4) is 0 Å². The number of hydrogen-bond acceptors (Lipinski definition) is 1. The van der Waals surface area contributed by atoms with Gasteiger partial charge in [0.2, 0.25) is 0 Å². The van der Waals surface area contributed by atoms with Crippen LogP contribution < -0.4 is 0 Å². The van der Waals surface area contributed by atoms with E-state index < -0.39 is 11.4 Å². The van der Waals surface area contributed by atoms with E-state index in [9.17, 15) is 4.79 Å². The van der Waals surface area contributed by atoms with Crippen LogP contribution in [0, 0.1) is 10.8 Å². The monoisotopic (exact) mass is 184 g/mol. The van der Waals surface area contributed by atoms with E-state index in [0.29, 0.717) is 0 Å². The quantitative estimate of drug-likeness (QED) is 0.732. The van der Waals surface area contributed by atoms with Crippen molar-refractivity contribution in [2.75, 3.05) is 0 Å². The molecular formula is C11H20O2. The van der Waals surface area contributed by atoms with Gasteiger partial charge in [-0.3, -0.25) is 4.79 Å². The molecule has 1 rings (SSSR count). The SMILES string of the molecule is CCCC1(C)CCC(C)(C(=O)O)C1. The molecule has 2 atom stereocenters. The lowest BCUT2D eigenvalue weighted by Crippen LogP contribution is -2.26. The molecule has 1 fully saturated rings. The predicted octanol–water partition coefficient (Wildman–Crippen LogP) is 3.07. The normalized spacial score (nSPS) is 39.3. The van der Waals surface area contributed by atoms with Crippen molar-refractivity contribution in [2.24, 2.45) is 10.8 Å². The summed E-state index contributed by atoms with van der Waals surface area (Å²) in [5, 5.41) is 9.07. The van der Waals surface area contributed by atoms with Crippen LogP contribution in [0.4, 0.5) is 0 Å². The maximum atomic E-state index is 11.0. The largest absolute Gasteiger partial charge is 0.481 e. The zero-order valence-corrected chi connectivity index (χ0v) is 8.89. The van der Waals surface area contributed by atoms with Crippen molar-refractivity contribution >= 4 is 5.97 Å². The van der Waals surface area contributed by atoms with E-state index in [1.165, 1.54) is 0 Å². The molecule has 2 nitrogen and oxygen atoms in total. The highest BCUT2D eigenvalue weighted by Crippen LogP contribution is 2.51. The molecule has 0 aromatic heterocycles. The first kappa shape index (κ1) is 10.6. The minimum atomic E-state index is -0.618.